The molecule has 0 aliphatic heterocycles. The Kier molecular flexibility index (Phi) is 4.69. The van der Waals surface area contributed by atoms with Crippen molar-refractivity contribution in [2.75, 3.05) is 18.9 Å². The highest BCUT2D eigenvalue weighted by Crippen LogP contribution is 2.22. The Labute approximate surface area is 139 Å². The number of carbonyl (C=O) groups excluding carboxylic acids is 1. The van der Waals surface area contributed by atoms with Crippen LogP contribution in [0.1, 0.15) is 10.6 Å². The third kappa shape index (κ3) is 4.15. The number of amides is 1. The summed E-state index contributed by atoms with van der Waals surface area (Å²) in [6, 6.07) is 15.9. The van der Waals surface area contributed by atoms with E-state index in [-0.39, 0.29) is 5.91 Å². The van der Waals surface area contributed by atoms with E-state index in [0.717, 1.165) is 16.2 Å². The molecule has 1 N–H and O–H groups in total. The standard InChI is InChI=1S/C18H19N3OS/c1-13-7-9-14(10-8-13)19-17(22)11-21(2)12-18-20-15-5-3-4-6-16(15)23-18/h3-10H,11-12H2,1-2H3,(H,19,22). The zero-order valence-corrected chi connectivity index (χ0v) is 14.1. The van der Waals surface area contributed by atoms with E-state index in [2.05, 4.69) is 16.4 Å². The quantitative estimate of drug-likeness (QED) is 0.778. The molecule has 1 heterocycles. The SMILES string of the molecule is Cc1ccc(NC(=O)CN(C)Cc2nc3ccccc3s2)cc1. The normalized spacial score (nSPS) is 11.1. The summed E-state index contributed by atoms with van der Waals surface area (Å²) in [5, 5.41) is 3.94. The Bertz CT molecular complexity index is 778. The molecule has 3 aromatic rings. The summed E-state index contributed by atoms with van der Waals surface area (Å²) in [7, 11) is 1.93. The molecular formula is C18H19N3OS. The molecule has 0 fully saturated rings. The molecule has 0 saturated carbocycles. The van der Waals surface area contributed by atoms with Crippen LogP contribution in [0.3, 0.4) is 0 Å². The second-order valence-electron chi connectivity index (χ2n) is 5.66. The molecule has 0 bridgehead atoms. The number of benzene rings is 2. The van der Waals surface area contributed by atoms with Crippen molar-refractivity contribution in [1.29, 1.82) is 0 Å². The van der Waals surface area contributed by atoms with Crippen LogP contribution in [0.5, 0.6) is 0 Å². The van der Waals surface area contributed by atoms with Crippen molar-refractivity contribution in [1.82, 2.24) is 9.88 Å². The number of para-hydroxylation sites is 1. The van der Waals surface area contributed by atoms with Crippen LogP contribution < -0.4 is 5.32 Å². The molecule has 2 aromatic carbocycles. The average molecular weight is 325 g/mol. The average Bonchev–Trinajstić information content (AvgIpc) is 2.91. The van der Waals surface area contributed by atoms with Gasteiger partial charge in [-0.2, -0.15) is 0 Å². The first-order valence-corrected chi connectivity index (χ1v) is 8.31. The van der Waals surface area contributed by atoms with E-state index in [1.54, 1.807) is 11.3 Å². The first-order valence-electron chi connectivity index (χ1n) is 7.50. The lowest BCUT2D eigenvalue weighted by atomic mass is 10.2. The number of hydrogen-bond acceptors (Lipinski definition) is 4. The predicted octanol–water partition coefficient (Wildman–Crippen LogP) is 3.68. The molecular weight excluding hydrogens is 306 g/mol. The summed E-state index contributed by atoms with van der Waals surface area (Å²) >= 11 is 1.67. The summed E-state index contributed by atoms with van der Waals surface area (Å²) in [6.45, 7) is 3.03. The summed E-state index contributed by atoms with van der Waals surface area (Å²) in [5.74, 6) is -0.0162. The topological polar surface area (TPSA) is 45.2 Å². The highest BCUT2D eigenvalue weighted by Gasteiger charge is 2.10. The molecule has 0 saturated heterocycles. The van der Waals surface area contributed by atoms with Crippen LogP contribution in [0.15, 0.2) is 48.5 Å². The lowest BCUT2D eigenvalue weighted by Gasteiger charge is -2.14. The van der Waals surface area contributed by atoms with Crippen molar-refractivity contribution in [3.63, 3.8) is 0 Å². The lowest BCUT2D eigenvalue weighted by molar-refractivity contribution is -0.117. The molecule has 3 rings (SSSR count). The van der Waals surface area contributed by atoms with Gasteiger partial charge in [0.05, 0.1) is 23.3 Å². The maximum atomic E-state index is 12.1. The number of rotatable bonds is 5. The van der Waals surface area contributed by atoms with Gasteiger partial charge >= 0.3 is 0 Å². The van der Waals surface area contributed by atoms with Gasteiger partial charge in [-0.3, -0.25) is 9.69 Å². The van der Waals surface area contributed by atoms with Crippen molar-refractivity contribution >= 4 is 33.1 Å². The fraction of sp³-hybridized carbons (Fsp3) is 0.222. The van der Waals surface area contributed by atoms with Crippen molar-refractivity contribution in [3.8, 4) is 0 Å². The summed E-state index contributed by atoms with van der Waals surface area (Å²) < 4.78 is 1.18. The number of nitrogens with zero attached hydrogens (tertiary/aromatic N) is 2. The van der Waals surface area contributed by atoms with E-state index in [1.165, 1.54) is 10.3 Å². The van der Waals surface area contributed by atoms with Crippen LogP contribution in [-0.2, 0) is 11.3 Å². The maximum absolute atomic E-state index is 12.1. The van der Waals surface area contributed by atoms with Gasteiger partial charge in [-0.15, -0.1) is 11.3 Å². The molecule has 4 nitrogen and oxygen atoms in total. The van der Waals surface area contributed by atoms with Gasteiger partial charge in [-0.25, -0.2) is 4.98 Å². The largest absolute Gasteiger partial charge is 0.325 e. The zero-order chi connectivity index (χ0) is 16.2. The van der Waals surface area contributed by atoms with Gasteiger partial charge in [0.1, 0.15) is 5.01 Å². The molecule has 5 heteroatoms. The molecule has 0 aliphatic rings. The van der Waals surface area contributed by atoms with Crippen molar-refractivity contribution in [2.24, 2.45) is 0 Å². The van der Waals surface area contributed by atoms with Crippen LogP contribution in [0.25, 0.3) is 10.2 Å². The lowest BCUT2D eigenvalue weighted by Crippen LogP contribution is -2.29. The van der Waals surface area contributed by atoms with Crippen LogP contribution in [0.4, 0.5) is 5.69 Å². The van der Waals surface area contributed by atoms with E-state index in [1.807, 2.05) is 61.3 Å². The Morgan fingerprint density at radius 1 is 1.17 bits per heavy atom. The van der Waals surface area contributed by atoms with Gasteiger partial charge in [0, 0.05) is 5.69 Å². The fourth-order valence-electron chi connectivity index (χ4n) is 2.36. The number of aromatic nitrogens is 1. The van der Waals surface area contributed by atoms with Gasteiger partial charge in [0.15, 0.2) is 0 Å². The monoisotopic (exact) mass is 325 g/mol. The van der Waals surface area contributed by atoms with Crippen molar-refractivity contribution in [3.05, 3.63) is 59.1 Å². The van der Waals surface area contributed by atoms with Gasteiger partial charge in [0.2, 0.25) is 5.91 Å². The second kappa shape index (κ2) is 6.89. The molecule has 0 unspecified atom stereocenters. The molecule has 118 valence electrons. The number of likely N-dealkylation sites (N-methyl/N-ethyl adjacent to an activating group) is 1. The van der Waals surface area contributed by atoms with E-state index in [4.69, 9.17) is 0 Å². The highest BCUT2D eigenvalue weighted by atomic mass is 32.1. The number of fused-ring (bicyclic) bond motifs is 1. The highest BCUT2D eigenvalue weighted by molar-refractivity contribution is 7.18. The van der Waals surface area contributed by atoms with Crippen LogP contribution in [0, 0.1) is 6.92 Å². The predicted molar refractivity (Wildman–Crippen MR) is 95.8 cm³/mol. The summed E-state index contributed by atoms with van der Waals surface area (Å²) in [6.07, 6.45) is 0. The van der Waals surface area contributed by atoms with E-state index < -0.39 is 0 Å². The summed E-state index contributed by atoms with van der Waals surface area (Å²) in [4.78, 5) is 18.7. The Hall–Kier alpha value is -2.24. The molecule has 1 amide bonds. The smallest absolute Gasteiger partial charge is 0.238 e. The number of hydrogen-bond donors (Lipinski definition) is 1. The van der Waals surface area contributed by atoms with E-state index in [0.29, 0.717) is 13.1 Å². The molecule has 23 heavy (non-hydrogen) atoms. The van der Waals surface area contributed by atoms with Crippen LogP contribution >= 0.6 is 11.3 Å². The van der Waals surface area contributed by atoms with Crippen LogP contribution in [0.2, 0.25) is 0 Å². The molecule has 0 radical (unpaired) electrons. The third-order valence-electron chi connectivity index (χ3n) is 3.49. The zero-order valence-electron chi connectivity index (χ0n) is 13.2. The van der Waals surface area contributed by atoms with Crippen molar-refractivity contribution in [2.45, 2.75) is 13.5 Å². The number of anilines is 1. The first-order chi connectivity index (χ1) is 11.1. The third-order valence-corrected chi connectivity index (χ3v) is 4.51. The van der Waals surface area contributed by atoms with Crippen molar-refractivity contribution < 1.29 is 4.79 Å². The van der Waals surface area contributed by atoms with Gasteiger partial charge < -0.3 is 5.32 Å². The second-order valence-corrected chi connectivity index (χ2v) is 6.78. The minimum atomic E-state index is -0.0162. The Balaban J connectivity index is 1.56. The Morgan fingerprint density at radius 2 is 1.91 bits per heavy atom. The number of thiazole rings is 1. The molecule has 0 spiro atoms. The minimum Gasteiger partial charge on any atom is -0.325 e. The Morgan fingerprint density at radius 3 is 2.65 bits per heavy atom. The molecule has 1 aromatic heterocycles. The van der Waals surface area contributed by atoms with Gasteiger partial charge in [0.25, 0.3) is 0 Å². The number of carbonyl (C=O) groups is 1. The molecule has 0 aliphatic carbocycles. The fourth-order valence-corrected chi connectivity index (χ4v) is 3.40. The first kappa shape index (κ1) is 15.6. The number of nitrogens with one attached hydrogen (secondary N) is 1. The summed E-state index contributed by atoms with van der Waals surface area (Å²) in [5.41, 5.74) is 3.02. The van der Waals surface area contributed by atoms with E-state index >= 15 is 0 Å². The number of aryl methyl sites for hydroxylation is 1. The molecule has 0 atom stereocenters. The maximum Gasteiger partial charge on any atom is 0.238 e. The van der Waals surface area contributed by atoms with Gasteiger partial charge in [-0.05, 0) is 38.2 Å². The van der Waals surface area contributed by atoms with E-state index in [9.17, 15) is 4.79 Å². The van der Waals surface area contributed by atoms with Gasteiger partial charge in [-0.1, -0.05) is 29.8 Å². The minimum absolute atomic E-state index is 0.0162. The van der Waals surface area contributed by atoms with Crippen LogP contribution in [-0.4, -0.2) is 29.4 Å².